The molecule has 332 valence electrons. The molecule has 2 atom stereocenters. The van der Waals surface area contributed by atoms with E-state index in [1.807, 2.05) is 109 Å². The highest BCUT2D eigenvalue weighted by Gasteiger charge is 2.23. The summed E-state index contributed by atoms with van der Waals surface area (Å²) in [6, 6.07) is 36.7. The summed E-state index contributed by atoms with van der Waals surface area (Å²) >= 11 is 3.32. The van der Waals surface area contributed by atoms with Gasteiger partial charge in [-0.25, -0.2) is 9.59 Å². The molecule has 4 aromatic rings. The number of hydrogen-bond acceptors (Lipinski definition) is 10. The van der Waals surface area contributed by atoms with Gasteiger partial charge in [0.1, 0.15) is 31.3 Å². The first-order chi connectivity index (χ1) is 29.7. The van der Waals surface area contributed by atoms with E-state index in [1.54, 1.807) is 0 Å². The third kappa shape index (κ3) is 20.6. The van der Waals surface area contributed by atoms with Gasteiger partial charge >= 0.3 is 12.2 Å². The number of rotatable bonds is 19. The zero-order valence-corrected chi connectivity index (χ0v) is 38.1. The fourth-order valence-corrected chi connectivity index (χ4v) is 6.80. The maximum atomic E-state index is 11.8. The van der Waals surface area contributed by atoms with E-state index in [1.165, 1.54) is 25.9 Å². The fourth-order valence-electron chi connectivity index (χ4n) is 6.64. The first-order valence-electron chi connectivity index (χ1n) is 21.3. The SMILES string of the molecule is CN(C)[C@@H]1CCN(CCOc2ccc(CCNC(=O)OCc3ccccc3)cc2)C1.CN(C)[C@@H]1CCNC1.O=C(NCCc1ccc(OCCBr)cc1)OCc1ccccc1. The molecule has 6 rings (SSSR count). The van der Waals surface area contributed by atoms with Gasteiger partial charge in [-0.1, -0.05) is 101 Å². The van der Waals surface area contributed by atoms with Crippen molar-refractivity contribution < 1.29 is 28.5 Å². The number of likely N-dealkylation sites (tertiary alicyclic amines) is 1. The summed E-state index contributed by atoms with van der Waals surface area (Å²) in [5.74, 6) is 1.74. The molecular formula is C48H67BrN6O6. The minimum absolute atomic E-state index is 0.284. The highest BCUT2D eigenvalue weighted by molar-refractivity contribution is 9.09. The molecule has 2 saturated heterocycles. The minimum atomic E-state index is -0.397. The Morgan fingerprint density at radius 3 is 1.56 bits per heavy atom. The molecule has 2 fully saturated rings. The average molecular weight is 904 g/mol. The van der Waals surface area contributed by atoms with Gasteiger partial charge in [0.15, 0.2) is 0 Å². The van der Waals surface area contributed by atoms with E-state index in [2.05, 4.69) is 74.8 Å². The quantitative estimate of drug-likeness (QED) is 0.0850. The van der Waals surface area contributed by atoms with Crippen molar-refractivity contribution in [3.05, 3.63) is 131 Å². The predicted octanol–water partition coefficient (Wildman–Crippen LogP) is 7.01. The van der Waals surface area contributed by atoms with Crippen LogP contribution in [-0.2, 0) is 35.5 Å². The lowest BCUT2D eigenvalue weighted by molar-refractivity contribution is 0.139. The van der Waals surface area contributed by atoms with Gasteiger partial charge in [-0.2, -0.15) is 0 Å². The molecule has 4 aromatic carbocycles. The van der Waals surface area contributed by atoms with Crippen LogP contribution in [0.1, 0.15) is 35.1 Å². The van der Waals surface area contributed by atoms with Crippen LogP contribution in [0.4, 0.5) is 9.59 Å². The van der Waals surface area contributed by atoms with Crippen LogP contribution >= 0.6 is 15.9 Å². The Morgan fingerprint density at radius 2 is 1.15 bits per heavy atom. The van der Waals surface area contributed by atoms with E-state index in [0.29, 0.717) is 32.3 Å². The highest BCUT2D eigenvalue weighted by atomic mass is 79.9. The Bertz CT molecular complexity index is 1760. The van der Waals surface area contributed by atoms with Crippen molar-refractivity contribution >= 4 is 28.1 Å². The Labute approximate surface area is 372 Å². The molecule has 3 N–H and O–H groups in total. The van der Waals surface area contributed by atoms with E-state index in [9.17, 15) is 9.59 Å². The largest absolute Gasteiger partial charge is 0.493 e. The standard InChI is InChI=1S/C24H33N3O3.C18H20BrNO3.C6H14N2/c1-26(2)22-13-15-27(18-22)16-17-29-23-10-8-20(9-11-23)12-14-25-24(28)30-19-21-6-4-3-5-7-21;19-11-13-22-17-8-6-15(7-9-17)10-12-20-18(21)23-14-16-4-2-1-3-5-16;1-8(2)6-3-4-7-5-6/h3-11,22H,12-19H2,1-2H3,(H,25,28);1-9H,10-14H2,(H,20,21);6-7H,3-5H2,1-2H3/t22-;;6-/m1.1/s1. The minimum Gasteiger partial charge on any atom is -0.493 e. The Balaban J connectivity index is 0.000000232. The third-order valence-electron chi connectivity index (χ3n) is 10.4. The number of hydrogen-bond donors (Lipinski definition) is 3. The van der Waals surface area contributed by atoms with Crippen LogP contribution in [0.15, 0.2) is 109 Å². The number of alkyl halides is 1. The van der Waals surface area contributed by atoms with Gasteiger partial charge in [0, 0.05) is 50.1 Å². The molecule has 0 aliphatic carbocycles. The first kappa shape index (κ1) is 49.0. The maximum Gasteiger partial charge on any atom is 0.407 e. The number of ether oxygens (including phenoxy) is 4. The summed E-state index contributed by atoms with van der Waals surface area (Å²) in [6.07, 6.45) is 3.26. The van der Waals surface area contributed by atoms with Crippen LogP contribution < -0.4 is 25.4 Å². The topological polar surface area (TPSA) is 117 Å². The van der Waals surface area contributed by atoms with Crippen molar-refractivity contribution in [2.45, 2.75) is 51.0 Å². The average Bonchev–Trinajstić information content (AvgIpc) is 4.01. The molecular weight excluding hydrogens is 836 g/mol. The van der Waals surface area contributed by atoms with Gasteiger partial charge in [0.05, 0.1) is 6.61 Å². The lowest BCUT2D eigenvalue weighted by atomic mass is 10.1. The molecule has 0 aromatic heterocycles. The van der Waals surface area contributed by atoms with E-state index in [0.717, 1.165) is 77.6 Å². The molecule has 0 saturated carbocycles. The number of amides is 2. The number of nitrogens with zero attached hydrogens (tertiary/aromatic N) is 3. The molecule has 2 aliphatic rings. The number of carbonyl (C=O) groups excluding carboxylic acids is 2. The number of benzene rings is 4. The second-order valence-electron chi connectivity index (χ2n) is 15.5. The molecule has 0 bridgehead atoms. The number of nitrogens with one attached hydrogen (secondary N) is 3. The van der Waals surface area contributed by atoms with Crippen molar-refractivity contribution in [2.75, 3.05) is 92.5 Å². The van der Waals surface area contributed by atoms with Crippen LogP contribution in [0, 0.1) is 0 Å². The second kappa shape index (κ2) is 28.8. The molecule has 13 heteroatoms. The summed E-state index contributed by atoms with van der Waals surface area (Å²) in [4.78, 5) is 30.4. The molecule has 0 radical (unpaired) electrons. The lowest BCUT2D eigenvalue weighted by Gasteiger charge is -2.20. The number of halogens is 1. The van der Waals surface area contributed by atoms with Crippen LogP contribution in [-0.4, -0.2) is 132 Å². The first-order valence-corrected chi connectivity index (χ1v) is 22.4. The van der Waals surface area contributed by atoms with Crippen LogP contribution in [0.2, 0.25) is 0 Å². The van der Waals surface area contributed by atoms with Gasteiger partial charge < -0.3 is 44.7 Å². The van der Waals surface area contributed by atoms with Crippen molar-refractivity contribution in [3.63, 3.8) is 0 Å². The summed E-state index contributed by atoms with van der Waals surface area (Å²) in [5.41, 5.74) is 4.24. The van der Waals surface area contributed by atoms with Gasteiger partial charge in [-0.15, -0.1) is 0 Å². The lowest BCUT2D eigenvalue weighted by Crippen LogP contribution is -2.33. The van der Waals surface area contributed by atoms with E-state index in [4.69, 9.17) is 18.9 Å². The van der Waals surface area contributed by atoms with Gasteiger partial charge in [0.25, 0.3) is 0 Å². The molecule has 2 aliphatic heterocycles. The molecule has 0 spiro atoms. The highest BCUT2D eigenvalue weighted by Crippen LogP contribution is 2.16. The summed E-state index contributed by atoms with van der Waals surface area (Å²) in [5, 5.41) is 9.66. The Morgan fingerprint density at radius 1 is 0.656 bits per heavy atom. The summed E-state index contributed by atoms with van der Waals surface area (Å²) in [6.45, 7) is 8.59. The number of alkyl carbamates (subject to hydrolysis) is 2. The van der Waals surface area contributed by atoms with E-state index < -0.39 is 12.2 Å². The Kier molecular flexibility index (Phi) is 23.1. The summed E-state index contributed by atoms with van der Waals surface area (Å²) in [7, 11) is 8.57. The number of likely N-dealkylation sites (N-methyl/N-ethyl adjacent to an activating group) is 2. The molecule has 0 unspecified atom stereocenters. The smallest absolute Gasteiger partial charge is 0.407 e. The zero-order valence-electron chi connectivity index (χ0n) is 36.5. The van der Waals surface area contributed by atoms with Crippen LogP contribution in [0.5, 0.6) is 11.5 Å². The molecule has 12 nitrogen and oxygen atoms in total. The third-order valence-corrected chi connectivity index (χ3v) is 10.7. The number of carbonyl (C=O) groups is 2. The van der Waals surface area contributed by atoms with E-state index in [-0.39, 0.29) is 13.2 Å². The fraction of sp³-hybridized carbons (Fsp3) is 0.458. The van der Waals surface area contributed by atoms with Crippen LogP contribution in [0.3, 0.4) is 0 Å². The van der Waals surface area contributed by atoms with Crippen LogP contribution in [0.25, 0.3) is 0 Å². The Hall–Kier alpha value is -4.66. The maximum absolute atomic E-state index is 11.8. The van der Waals surface area contributed by atoms with Crippen molar-refractivity contribution in [3.8, 4) is 11.5 Å². The molecule has 2 heterocycles. The van der Waals surface area contributed by atoms with Gasteiger partial charge in [0.2, 0.25) is 0 Å². The monoisotopic (exact) mass is 902 g/mol. The van der Waals surface area contributed by atoms with Crippen molar-refractivity contribution in [1.82, 2.24) is 30.7 Å². The summed E-state index contributed by atoms with van der Waals surface area (Å²) < 4.78 is 21.8. The zero-order chi connectivity index (χ0) is 43.5. The van der Waals surface area contributed by atoms with Gasteiger partial charge in [-0.05, 0) is 113 Å². The molecule has 2 amide bonds. The molecule has 61 heavy (non-hydrogen) atoms. The normalized spacial score (nSPS) is 15.9. The van der Waals surface area contributed by atoms with Crippen molar-refractivity contribution in [1.29, 1.82) is 0 Å². The van der Waals surface area contributed by atoms with Gasteiger partial charge in [-0.3, -0.25) is 4.90 Å². The van der Waals surface area contributed by atoms with E-state index >= 15 is 0 Å². The predicted molar refractivity (Wildman–Crippen MR) is 248 cm³/mol. The van der Waals surface area contributed by atoms with Crippen molar-refractivity contribution in [2.24, 2.45) is 0 Å². The second-order valence-corrected chi connectivity index (χ2v) is 16.3.